The quantitative estimate of drug-likeness (QED) is 0.432. The van der Waals surface area contributed by atoms with Crippen LogP contribution in [-0.2, 0) is 7.05 Å². The van der Waals surface area contributed by atoms with Crippen molar-refractivity contribution in [3.05, 3.63) is 60.1 Å². The second kappa shape index (κ2) is 6.36. The normalized spacial score (nSPS) is 11.7. The van der Waals surface area contributed by atoms with Crippen LogP contribution >= 0.6 is 11.3 Å². The van der Waals surface area contributed by atoms with Crippen LogP contribution in [0.25, 0.3) is 55.2 Å². The average Bonchev–Trinajstić information content (AvgIpc) is 3.54. The molecule has 7 nitrogen and oxygen atoms in total. The second-order valence-corrected chi connectivity index (χ2v) is 8.17. The van der Waals surface area contributed by atoms with Crippen molar-refractivity contribution in [1.29, 1.82) is 0 Å². The number of aromatic nitrogens is 7. The molecular weight excluding hydrogens is 394 g/mol. The average molecular weight is 411 g/mol. The molecule has 0 aliphatic carbocycles. The summed E-state index contributed by atoms with van der Waals surface area (Å²) in [6.45, 7) is 1.99. The first kappa shape index (κ1) is 17.1. The number of H-pyrrole nitrogens is 2. The van der Waals surface area contributed by atoms with Gasteiger partial charge in [0.2, 0.25) is 0 Å². The van der Waals surface area contributed by atoms with Crippen molar-refractivity contribution in [3.8, 4) is 33.2 Å². The Balaban J connectivity index is 1.53. The van der Waals surface area contributed by atoms with E-state index in [-0.39, 0.29) is 0 Å². The van der Waals surface area contributed by atoms with Crippen molar-refractivity contribution in [2.75, 3.05) is 0 Å². The molecule has 30 heavy (non-hydrogen) atoms. The molecule has 6 aromatic heterocycles. The van der Waals surface area contributed by atoms with Gasteiger partial charge in [-0.2, -0.15) is 5.10 Å². The van der Waals surface area contributed by atoms with Gasteiger partial charge in [0.25, 0.3) is 0 Å². The predicted octanol–water partition coefficient (Wildman–Crippen LogP) is 4.94. The summed E-state index contributed by atoms with van der Waals surface area (Å²) in [6.07, 6.45) is 5.56. The number of aromatic amines is 2. The van der Waals surface area contributed by atoms with Gasteiger partial charge in [0, 0.05) is 41.3 Å². The minimum absolute atomic E-state index is 0.753. The molecule has 6 heterocycles. The van der Waals surface area contributed by atoms with Gasteiger partial charge in [-0.05, 0) is 36.6 Å². The van der Waals surface area contributed by atoms with Crippen molar-refractivity contribution < 1.29 is 0 Å². The van der Waals surface area contributed by atoms with E-state index >= 15 is 0 Å². The lowest BCUT2D eigenvalue weighted by Crippen LogP contribution is -1.94. The van der Waals surface area contributed by atoms with Crippen molar-refractivity contribution in [3.63, 3.8) is 0 Å². The first-order valence-corrected chi connectivity index (χ1v) is 10.4. The molecular formula is C22H17N7S. The van der Waals surface area contributed by atoms with Crippen LogP contribution in [0.5, 0.6) is 0 Å². The lowest BCUT2D eigenvalue weighted by Gasteiger charge is -2.04. The first-order valence-electron chi connectivity index (χ1n) is 9.54. The van der Waals surface area contributed by atoms with E-state index < -0.39 is 0 Å². The zero-order valence-corrected chi connectivity index (χ0v) is 17.2. The number of hydrogen-bond donors (Lipinski definition) is 2. The van der Waals surface area contributed by atoms with Gasteiger partial charge in [-0.1, -0.05) is 6.07 Å². The molecule has 8 heteroatoms. The Bertz CT molecular complexity index is 1520. The van der Waals surface area contributed by atoms with Crippen LogP contribution in [0.2, 0.25) is 0 Å². The Labute approximate surface area is 175 Å². The molecule has 6 rings (SSSR count). The zero-order valence-electron chi connectivity index (χ0n) is 16.3. The summed E-state index contributed by atoms with van der Waals surface area (Å²) in [6, 6.07) is 10.4. The van der Waals surface area contributed by atoms with E-state index in [1.165, 1.54) is 0 Å². The molecule has 2 N–H and O–H groups in total. The van der Waals surface area contributed by atoms with Crippen molar-refractivity contribution >= 4 is 33.3 Å². The molecule has 0 unspecified atom stereocenters. The number of imidazole rings is 1. The van der Waals surface area contributed by atoms with E-state index in [1.54, 1.807) is 11.3 Å². The zero-order chi connectivity index (χ0) is 20.2. The monoisotopic (exact) mass is 411 g/mol. The number of hydrogen-bond acceptors (Lipinski definition) is 5. The predicted molar refractivity (Wildman–Crippen MR) is 119 cm³/mol. The third-order valence-corrected chi connectivity index (χ3v) is 6.37. The van der Waals surface area contributed by atoms with Crippen molar-refractivity contribution in [2.45, 2.75) is 6.92 Å². The number of nitrogens with zero attached hydrogens (tertiary/aromatic N) is 5. The molecule has 0 atom stereocenters. The van der Waals surface area contributed by atoms with Gasteiger partial charge >= 0.3 is 0 Å². The van der Waals surface area contributed by atoms with E-state index in [4.69, 9.17) is 0 Å². The highest BCUT2D eigenvalue weighted by atomic mass is 32.1. The fourth-order valence-corrected chi connectivity index (χ4v) is 4.55. The third kappa shape index (κ3) is 2.50. The summed E-state index contributed by atoms with van der Waals surface area (Å²) in [4.78, 5) is 18.2. The van der Waals surface area contributed by atoms with E-state index in [1.807, 2.05) is 44.7 Å². The molecule has 0 spiro atoms. The van der Waals surface area contributed by atoms with Crippen LogP contribution in [0, 0.1) is 6.92 Å². The topological polar surface area (TPSA) is 88.1 Å². The molecule has 0 fully saturated rings. The van der Waals surface area contributed by atoms with E-state index in [0.717, 1.165) is 61.0 Å². The van der Waals surface area contributed by atoms with Crippen LogP contribution in [-0.4, -0.2) is 34.7 Å². The molecule has 0 aliphatic heterocycles. The fourth-order valence-electron chi connectivity index (χ4n) is 3.81. The van der Waals surface area contributed by atoms with Gasteiger partial charge < -0.3 is 9.55 Å². The van der Waals surface area contributed by atoms with Gasteiger partial charge in [0.15, 0.2) is 5.65 Å². The van der Waals surface area contributed by atoms with Gasteiger partial charge in [-0.25, -0.2) is 9.97 Å². The number of rotatable bonds is 3. The van der Waals surface area contributed by atoms with Crippen LogP contribution < -0.4 is 0 Å². The van der Waals surface area contributed by atoms with E-state index in [2.05, 4.69) is 58.3 Å². The fraction of sp³-hybridized carbons (Fsp3) is 0.0909. The Morgan fingerprint density at radius 1 is 1.00 bits per heavy atom. The third-order valence-electron chi connectivity index (χ3n) is 5.49. The minimum atomic E-state index is 0.753. The highest BCUT2D eigenvalue weighted by molar-refractivity contribution is 7.13. The summed E-state index contributed by atoms with van der Waals surface area (Å²) in [5, 5.41) is 11.7. The van der Waals surface area contributed by atoms with Crippen LogP contribution in [0.15, 0.2) is 54.3 Å². The standard InChI is InChI=1S/C22H17N7S/c1-12-24-11-18(29(12)2)13-8-15-20(27-28-22(15)25-10-13)17-9-14-16(26-17)5-6-23-21(14)19-4-3-7-30-19/h3-11,26H,1-2H3,(H,25,27,28). The summed E-state index contributed by atoms with van der Waals surface area (Å²) >= 11 is 1.69. The van der Waals surface area contributed by atoms with E-state index in [9.17, 15) is 0 Å². The number of aryl methyl sites for hydroxylation is 1. The van der Waals surface area contributed by atoms with Gasteiger partial charge in [0.05, 0.1) is 28.2 Å². The maximum Gasteiger partial charge on any atom is 0.155 e. The number of nitrogens with one attached hydrogen (secondary N) is 2. The summed E-state index contributed by atoms with van der Waals surface area (Å²) in [5.74, 6) is 0.960. The molecule has 0 saturated carbocycles. The molecule has 0 bridgehead atoms. The lowest BCUT2D eigenvalue weighted by molar-refractivity contribution is 0.865. The Hall–Kier alpha value is -3.78. The molecule has 146 valence electrons. The molecule has 0 saturated heterocycles. The van der Waals surface area contributed by atoms with Crippen LogP contribution in [0.1, 0.15) is 5.82 Å². The maximum absolute atomic E-state index is 4.61. The second-order valence-electron chi connectivity index (χ2n) is 7.22. The highest BCUT2D eigenvalue weighted by Gasteiger charge is 2.16. The smallest absolute Gasteiger partial charge is 0.155 e. The number of thiophene rings is 1. The lowest BCUT2D eigenvalue weighted by atomic mass is 10.1. The molecule has 0 radical (unpaired) electrons. The Morgan fingerprint density at radius 3 is 2.73 bits per heavy atom. The van der Waals surface area contributed by atoms with Gasteiger partial charge in [-0.15, -0.1) is 11.3 Å². The summed E-state index contributed by atoms with van der Waals surface area (Å²) < 4.78 is 2.06. The molecule has 0 aromatic carbocycles. The minimum Gasteiger partial charge on any atom is -0.353 e. The summed E-state index contributed by atoms with van der Waals surface area (Å²) in [7, 11) is 2.01. The van der Waals surface area contributed by atoms with Crippen molar-refractivity contribution in [2.24, 2.45) is 7.05 Å². The highest BCUT2D eigenvalue weighted by Crippen LogP contribution is 2.35. The Morgan fingerprint density at radius 2 is 1.93 bits per heavy atom. The van der Waals surface area contributed by atoms with Crippen LogP contribution in [0.4, 0.5) is 0 Å². The first-order chi connectivity index (χ1) is 14.7. The molecule has 0 aliphatic rings. The SMILES string of the molecule is Cc1ncc(-c2cnc3[nH]nc(-c4cc5c(-c6cccs6)nccc5[nH]4)c3c2)n1C. The van der Waals surface area contributed by atoms with Crippen LogP contribution in [0.3, 0.4) is 0 Å². The van der Waals surface area contributed by atoms with Crippen molar-refractivity contribution in [1.82, 2.24) is 34.7 Å². The van der Waals surface area contributed by atoms with Gasteiger partial charge in [0.1, 0.15) is 11.5 Å². The molecule has 0 amide bonds. The van der Waals surface area contributed by atoms with Gasteiger partial charge in [-0.3, -0.25) is 10.1 Å². The maximum atomic E-state index is 4.61. The van der Waals surface area contributed by atoms with E-state index in [0.29, 0.717) is 0 Å². The largest absolute Gasteiger partial charge is 0.353 e. The molecule has 6 aromatic rings. The Kier molecular flexibility index (Phi) is 3.63. The number of pyridine rings is 2. The number of fused-ring (bicyclic) bond motifs is 2. The summed E-state index contributed by atoms with van der Waals surface area (Å²) in [5.41, 5.74) is 6.57.